The zero-order chi connectivity index (χ0) is 19.0. The normalized spacial score (nSPS) is 14.6. The topological polar surface area (TPSA) is 74.3 Å². The van der Waals surface area contributed by atoms with Gasteiger partial charge in [-0.3, -0.25) is 4.79 Å². The largest absolute Gasteiger partial charge is 0.461 e. The lowest BCUT2D eigenvalue weighted by Crippen LogP contribution is -2.49. The standard InChI is InChI=1S/C20H28N2O3/c1-13(2)25-18(24)20(21,12-19(3,4)5)15-8-9-16-14(11-15)7-10-17(23)22(16)6/h7-11,13H,12,21H2,1-6H3. The van der Waals surface area contributed by atoms with Gasteiger partial charge in [0.1, 0.15) is 5.54 Å². The summed E-state index contributed by atoms with van der Waals surface area (Å²) in [7, 11) is 1.72. The molecule has 0 radical (unpaired) electrons. The van der Waals surface area contributed by atoms with E-state index in [1.54, 1.807) is 17.7 Å². The molecule has 25 heavy (non-hydrogen) atoms. The average molecular weight is 344 g/mol. The summed E-state index contributed by atoms with van der Waals surface area (Å²) < 4.78 is 7.03. The Balaban J connectivity index is 2.61. The van der Waals surface area contributed by atoms with Gasteiger partial charge in [0.2, 0.25) is 0 Å². The summed E-state index contributed by atoms with van der Waals surface area (Å²) in [6.45, 7) is 9.75. The predicted octanol–water partition coefficient (Wildman–Crippen LogP) is 3.08. The molecule has 5 nitrogen and oxygen atoms in total. The molecule has 1 aromatic carbocycles. The maximum absolute atomic E-state index is 12.8. The fourth-order valence-electron chi connectivity index (χ4n) is 3.11. The monoisotopic (exact) mass is 344 g/mol. The van der Waals surface area contributed by atoms with Gasteiger partial charge in [-0.25, -0.2) is 4.79 Å². The maximum atomic E-state index is 12.8. The lowest BCUT2D eigenvalue weighted by atomic mass is 9.76. The second-order valence-electron chi connectivity index (χ2n) is 8.17. The molecule has 2 aromatic rings. The van der Waals surface area contributed by atoms with Crippen LogP contribution in [0.25, 0.3) is 10.9 Å². The van der Waals surface area contributed by atoms with Crippen molar-refractivity contribution in [3.8, 4) is 0 Å². The van der Waals surface area contributed by atoms with Crippen LogP contribution >= 0.6 is 0 Å². The molecule has 0 saturated carbocycles. The Hall–Kier alpha value is -2.14. The van der Waals surface area contributed by atoms with Gasteiger partial charge < -0.3 is 15.0 Å². The lowest BCUT2D eigenvalue weighted by Gasteiger charge is -2.34. The zero-order valence-electron chi connectivity index (χ0n) is 15.9. The van der Waals surface area contributed by atoms with Crippen molar-refractivity contribution in [1.29, 1.82) is 0 Å². The fraction of sp³-hybridized carbons (Fsp3) is 0.500. The van der Waals surface area contributed by atoms with E-state index in [4.69, 9.17) is 10.5 Å². The fourth-order valence-corrected chi connectivity index (χ4v) is 3.11. The highest BCUT2D eigenvalue weighted by molar-refractivity contribution is 5.86. The molecule has 0 aliphatic rings. The molecule has 0 aliphatic carbocycles. The van der Waals surface area contributed by atoms with Crippen LogP contribution in [-0.2, 0) is 22.1 Å². The second-order valence-corrected chi connectivity index (χ2v) is 8.17. The molecule has 0 amide bonds. The first-order valence-electron chi connectivity index (χ1n) is 8.54. The third-order valence-corrected chi connectivity index (χ3v) is 4.16. The summed E-state index contributed by atoms with van der Waals surface area (Å²) in [6, 6.07) is 8.79. The Kier molecular flexibility index (Phi) is 5.09. The van der Waals surface area contributed by atoms with Crippen molar-refractivity contribution < 1.29 is 9.53 Å². The molecule has 0 bridgehead atoms. The van der Waals surface area contributed by atoms with Crippen LogP contribution in [-0.4, -0.2) is 16.6 Å². The first kappa shape index (κ1) is 19.2. The molecule has 2 rings (SSSR count). The molecule has 0 aliphatic heterocycles. The molecular formula is C20H28N2O3. The highest BCUT2D eigenvalue weighted by Gasteiger charge is 2.41. The summed E-state index contributed by atoms with van der Waals surface area (Å²) in [6.07, 6.45) is 0.208. The van der Waals surface area contributed by atoms with Crippen LogP contribution in [0.1, 0.15) is 46.6 Å². The molecule has 0 fully saturated rings. The number of pyridine rings is 1. The summed E-state index contributed by atoms with van der Waals surface area (Å²) in [5.74, 6) is -0.429. The van der Waals surface area contributed by atoms with Gasteiger partial charge in [-0.1, -0.05) is 26.8 Å². The Morgan fingerprint density at radius 2 is 1.84 bits per heavy atom. The molecule has 136 valence electrons. The highest BCUT2D eigenvalue weighted by Crippen LogP contribution is 2.35. The van der Waals surface area contributed by atoms with E-state index in [2.05, 4.69) is 0 Å². The van der Waals surface area contributed by atoms with Crippen LogP contribution in [0, 0.1) is 5.41 Å². The Morgan fingerprint density at radius 1 is 1.20 bits per heavy atom. The van der Waals surface area contributed by atoms with Crippen LogP contribution in [0.5, 0.6) is 0 Å². The van der Waals surface area contributed by atoms with Crippen molar-refractivity contribution in [2.45, 2.75) is 52.7 Å². The van der Waals surface area contributed by atoms with Crippen LogP contribution in [0.15, 0.2) is 35.1 Å². The third-order valence-electron chi connectivity index (χ3n) is 4.16. The van der Waals surface area contributed by atoms with Crippen LogP contribution in [0.2, 0.25) is 0 Å². The van der Waals surface area contributed by atoms with E-state index in [9.17, 15) is 9.59 Å². The van der Waals surface area contributed by atoms with Crippen molar-refractivity contribution in [1.82, 2.24) is 4.57 Å². The summed E-state index contributed by atoms with van der Waals surface area (Å²) in [4.78, 5) is 24.6. The quantitative estimate of drug-likeness (QED) is 0.865. The van der Waals surface area contributed by atoms with E-state index in [0.29, 0.717) is 12.0 Å². The van der Waals surface area contributed by atoms with Crippen molar-refractivity contribution in [2.24, 2.45) is 18.2 Å². The second kappa shape index (κ2) is 6.64. The molecule has 1 heterocycles. The number of aromatic nitrogens is 1. The van der Waals surface area contributed by atoms with Gasteiger partial charge in [0.25, 0.3) is 5.56 Å². The number of fused-ring (bicyclic) bond motifs is 1. The average Bonchev–Trinajstić information content (AvgIpc) is 2.48. The van der Waals surface area contributed by atoms with E-state index in [1.807, 2.05) is 52.8 Å². The minimum absolute atomic E-state index is 0.0758. The number of nitrogens with zero attached hydrogens (tertiary/aromatic N) is 1. The number of nitrogens with two attached hydrogens (primary N) is 1. The summed E-state index contributed by atoms with van der Waals surface area (Å²) in [5, 5.41) is 0.862. The van der Waals surface area contributed by atoms with Gasteiger partial charge in [-0.15, -0.1) is 0 Å². The lowest BCUT2D eigenvalue weighted by molar-refractivity contribution is -0.156. The molecular weight excluding hydrogens is 316 g/mol. The predicted molar refractivity (Wildman–Crippen MR) is 100 cm³/mol. The van der Waals surface area contributed by atoms with Crippen molar-refractivity contribution in [3.63, 3.8) is 0 Å². The summed E-state index contributed by atoms with van der Waals surface area (Å²) in [5.41, 5.74) is 6.62. The first-order valence-corrected chi connectivity index (χ1v) is 8.54. The number of benzene rings is 1. The first-order chi connectivity index (χ1) is 11.4. The van der Waals surface area contributed by atoms with E-state index < -0.39 is 11.5 Å². The minimum Gasteiger partial charge on any atom is -0.461 e. The number of hydrogen-bond acceptors (Lipinski definition) is 4. The van der Waals surface area contributed by atoms with Crippen LogP contribution in [0.4, 0.5) is 0 Å². The molecule has 0 spiro atoms. The van der Waals surface area contributed by atoms with E-state index in [-0.39, 0.29) is 17.1 Å². The maximum Gasteiger partial charge on any atom is 0.331 e. The molecule has 5 heteroatoms. The SMILES string of the molecule is CC(C)OC(=O)C(N)(CC(C)(C)C)c1ccc2c(ccc(=O)n2C)c1. The molecule has 1 aromatic heterocycles. The Morgan fingerprint density at radius 3 is 2.40 bits per heavy atom. The van der Waals surface area contributed by atoms with E-state index in [0.717, 1.165) is 10.9 Å². The Labute approximate surface area is 148 Å². The van der Waals surface area contributed by atoms with Gasteiger partial charge in [-0.05, 0) is 54.8 Å². The molecule has 0 saturated heterocycles. The van der Waals surface area contributed by atoms with Gasteiger partial charge in [0.05, 0.1) is 11.6 Å². The van der Waals surface area contributed by atoms with Crippen LogP contribution in [0.3, 0.4) is 0 Å². The van der Waals surface area contributed by atoms with E-state index in [1.165, 1.54) is 6.07 Å². The minimum atomic E-state index is -1.24. The summed E-state index contributed by atoms with van der Waals surface area (Å²) >= 11 is 0. The van der Waals surface area contributed by atoms with Crippen molar-refractivity contribution in [2.75, 3.05) is 0 Å². The van der Waals surface area contributed by atoms with Gasteiger partial charge in [0, 0.05) is 13.1 Å². The number of ether oxygens (including phenoxy) is 1. The molecule has 1 atom stereocenters. The number of hydrogen-bond donors (Lipinski definition) is 1. The van der Waals surface area contributed by atoms with Crippen molar-refractivity contribution >= 4 is 16.9 Å². The van der Waals surface area contributed by atoms with E-state index >= 15 is 0 Å². The van der Waals surface area contributed by atoms with Gasteiger partial charge in [-0.2, -0.15) is 0 Å². The Bertz CT molecular complexity index is 846. The highest BCUT2D eigenvalue weighted by atomic mass is 16.5. The zero-order valence-corrected chi connectivity index (χ0v) is 15.9. The number of rotatable bonds is 4. The molecule has 2 N–H and O–H groups in total. The van der Waals surface area contributed by atoms with Crippen LogP contribution < -0.4 is 11.3 Å². The smallest absolute Gasteiger partial charge is 0.331 e. The van der Waals surface area contributed by atoms with Gasteiger partial charge in [0.15, 0.2) is 0 Å². The number of esters is 1. The number of carbonyl (C=O) groups excluding carboxylic acids is 1. The van der Waals surface area contributed by atoms with Crippen molar-refractivity contribution in [3.05, 3.63) is 46.2 Å². The van der Waals surface area contributed by atoms with Gasteiger partial charge >= 0.3 is 5.97 Å². The number of carbonyl (C=O) groups is 1. The number of aryl methyl sites for hydroxylation is 1. The molecule has 1 unspecified atom stereocenters. The third kappa shape index (κ3) is 4.10.